The van der Waals surface area contributed by atoms with Gasteiger partial charge in [0.1, 0.15) is 59.1 Å². The van der Waals surface area contributed by atoms with E-state index in [1.165, 1.54) is 25.1 Å². The number of hydrogen-bond donors (Lipinski definition) is 9. The smallest absolute Gasteiger partial charge is 0.230 e. The predicted octanol–water partition coefficient (Wildman–Crippen LogP) is -1.57. The Morgan fingerprint density at radius 3 is 2.34 bits per heavy atom. The van der Waals surface area contributed by atoms with Crippen molar-refractivity contribution in [1.29, 1.82) is 0 Å². The number of fused-ring (bicyclic) bond motifs is 1. The van der Waals surface area contributed by atoms with E-state index in [0.29, 0.717) is 5.56 Å². The number of aromatic hydroxyl groups is 2. The Labute approximate surface area is 233 Å². The number of hydrogen-bond acceptors (Lipinski definition) is 14. The Balaban J connectivity index is 1.43. The van der Waals surface area contributed by atoms with Gasteiger partial charge in [0.15, 0.2) is 17.7 Å². The minimum Gasteiger partial charge on any atom is -0.508 e. The van der Waals surface area contributed by atoms with Gasteiger partial charge in [-0.05, 0) is 24.6 Å². The van der Waals surface area contributed by atoms with Gasteiger partial charge in [-0.15, -0.1) is 0 Å². The lowest BCUT2D eigenvalue weighted by molar-refractivity contribution is -0.410. The van der Waals surface area contributed by atoms with Crippen LogP contribution < -0.4 is 9.47 Å². The molecule has 14 nitrogen and oxygen atoms in total. The van der Waals surface area contributed by atoms with Crippen molar-refractivity contribution in [3.63, 3.8) is 0 Å². The van der Waals surface area contributed by atoms with Crippen molar-refractivity contribution in [2.45, 2.75) is 74.3 Å². The zero-order valence-electron chi connectivity index (χ0n) is 21.7. The van der Waals surface area contributed by atoms with Gasteiger partial charge in [0, 0.05) is 18.1 Å². The van der Waals surface area contributed by atoms with Gasteiger partial charge in [-0.2, -0.15) is 0 Å². The summed E-state index contributed by atoms with van der Waals surface area (Å²) in [5.41, 5.74) is -1.87. The van der Waals surface area contributed by atoms with Crippen LogP contribution in [-0.4, -0.2) is 113 Å². The molecule has 11 atom stereocenters. The monoisotopic (exact) mass is 580 g/mol. The van der Waals surface area contributed by atoms with Crippen molar-refractivity contribution in [2.24, 2.45) is 5.92 Å². The minimum absolute atomic E-state index is 0.0190. The number of phenols is 2. The number of ketones is 1. The van der Waals surface area contributed by atoms with Crippen molar-refractivity contribution >= 4 is 5.78 Å². The lowest BCUT2D eigenvalue weighted by atomic mass is 9.63. The van der Waals surface area contributed by atoms with Crippen LogP contribution in [0.25, 0.3) is 0 Å². The van der Waals surface area contributed by atoms with E-state index >= 15 is 0 Å². The van der Waals surface area contributed by atoms with Crippen LogP contribution in [0.5, 0.6) is 23.0 Å². The summed E-state index contributed by atoms with van der Waals surface area (Å²) in [4.78, 5) is 12.8. The molecule has 3 aliphatic rings. The molecule has 1 aliphatic carbocycles. The van der Waals surface area contributed by atoms with E-state index in [-0.39, 0.29) is 29.2 Å². The summed E-state index contributed by atoms with van der Waals surface area (Å²) in [6.07, 6.45) is -14.3. The Morgan fingerprint density at radius 2 is 1.68 bits per heavy atom. The molecule has 0 radical (unpaired) electrons. The highest BCUT2D eigenvalue weighted by molar-refractivity contribution is 6.02. The summed E-state index contributed by atoms with van der Waals surface area (Å²) >= 11 is 0. The second-order valence-electron chi connectivity index (χ2n) is 10.5. The first kappa shape index (κ1) is 29.4. The van der Waals surface area contributed by atoms with E-state index in [2.05, 4.69) is 0 Å². The molecular weight excluding hydrogens is 548 g/mol. The number of rotatable bonds is 7. The highest BCUT2D eigenvalue weighted by Gasteiger charge is 2.69. The third kappa shape index (κ3) is 4.90. The molecule has 1 saturated heterocycles. The number of ether oxygens (including phenoxy) is 4. The quantitative estimate of drug-likeness (QED) is 0.168. The lowest BCUT2D eigenvalue weighted by Gasteiger charge is -2.58. The average Bonchev–Trinajstić information content (AvgIpc) is 2.93. The maximum atomic E-state index is 12.8. The van der Waals surface area contributed by atoms with E-state index in [1.54, 1.807) is 12.1 Å². The van der Waals surface area contributed by atoms with Crippen LogP contribution in [0.15, 0.2) is 36.4 Å². The zero-order valence-corrected chi connectivity index (χ0v) is 21.7. The predicted molar refractivity (Wildman–Crippen MR) is 134 cm³/mol. The summed E-state index contributed by atoms with van der Waals surface area (Å²) in [5, 5.41) is 92.9. The number of carbonyl (C=O) groups excluding carboxylic acids is 1. The molecule has 2 aromatic carbocycles. The maximum absolute atomic E-state index is 12.8. The Hall–Kier alpha value is -3.05. The number of aliphatic hydroxyl groups excluding tert-OH is 7. The van der Waals surface area contributed by atoms with Crippen molar-refractivity contribution in [3.05, 3.63) is 47.5 Å². The van der Waals surface area contributed by atoms with Crippen molar-refractivity contribution in [1.82, 2.24) is 0 Å². The largest absolute Gasteiger partial charge is 0.508 e. The normalized spacial score (nSPS) is 37.5. The van der Waals surface area contributed by atoms with Crippen LogP contribution in [0.4, 0.5) is 0 Å². The van der Waals surface area contributed by atoms with Crippen LogP contribution in [0.3, 0.4) is 0 Å². The van der Waals surface area contributed by atoms with Crippen molar-refractivity contribution in [3.8, 4) is 23.0 Å². The molecule has 2 aromatic rings. The van der Waals surface area contributed by atoms with Crippen molar-refractivity contribution < 1.29 is 69.7 Å². The van der Waals surface area contributed by atoms with Crippen LogP contribution >= 0.6 is 0 Å². The molecule has 10 unspecified atom stereocenters. The van der Waals surface area contributed by atoms with Gasteiger partial charge in [0.2, 0.25) is 6.29 Å². The molecule has 2 fully saturated rings. The standard InChI is InChI=1S/C27H32O14/c1-10-20(32)22(34)23(35)25(38-10)41-27(14(9-28)21(33)24(27)36)26(37)39-13-6-15(30)19-16(31)8-17(40-18(19)7-13)11-2-4-12(29)5-3-11/h2-7,10,14,17,20-26,28-30,32-37H,8-9H2,1H3/t10?,14?,17-,20?,21?,22?,23?,24?,25?,26?,27?/m0/s1. The van der Waals surface area contributed by atoms with Gasteiger partial charge < -0.3 is 64.9 Å². The Kier molecular flexibility index (Phi) is 7.88. The fourth-order valence-corrected chi connectivity index (χ4v) is 5.54. The molecule has 0 bridgehead atoms. The zero-order chi connectivity index (χ0) is 29.8. The average molecular weight is 581 g/mol. The summed E-state index contributed by atoms with van der Waals surface area (Å²) in [6.45, 7) is 0.567. The second kappa shape index (κ2) is 11.0. The topological polar surface area (TPSA) is 236 Å². The number of benzene rings is 2. The molecule has 0 amide bonds. The van der Waals surface area contributed by atoms with Crippen LogP contribution in [0, 0.1) is 5.92 Å². The molecule has 14 heteroatoms. The number of phenolic OH excluding ortho intramolecular Hbond substituents is 2. The van der Waals surface area contributed by atoms with Gasteiger partial charge in [-0.1, -0.05) is 12.1 Å². The van der Waals surface area contributed by atoms with Gasteiger partial charge >= 0.3 is 0 Å². The molecule has 2 aliphatic heterocycles. The third-order valence-corrected chi connectivity index (χ3v) is 7.98. The summed E-state index contributed by atoms with van der Waals surface area (Å²) in [6, 6.07) is 8.21. The first-order chi connectivity index (χ1) is 19.4. The highest BCUT2D eigenvalue weighted by Crippen LogP contribution is 2.48. The molecule has 0 aromatic heterocycles. The molecule has 41 heavy (non-hydrogen) atoms. The van der Waals surface area contributed by atoms with E-state index < -0.39 is 85.0 Å². The highest BCUT2D eigenvalue weighted by atomic mass is 16.7. The molecule has 2 heterocycles. The van der Waals surface area contributed by atoms with Gasteiger partial charge in [0.05, 0.1) is 25.2 Å². The third-order valence-electron chi connectivity index (χ3n) is 7.98. The molecule has 0 spiro atoms. The van der Waals surface area contributed by atoms with Gasteiger partial charge in [-0.3, -0.25) is 4.79 Å². The summed E-state index contributed by atoms with van der Waals surface area (Å²) in [5.74, 6) is -2.66. The Bertz CT molecular complexity index is 1270. The molecule has 224 valence electrons. The second-order valence-corrected chi connectivity index (χ2v) is 10.5. The van der Waals surface area contributed by atoms with E-state index in [0.717, 1.165) is 6.07 Å². The Morgan fingerprint density at radius 1 is 1.00 bits per heavy atom. The van der Waals surface area contributed by atoms with E-state index in [4.69, 9.17) is 18.9 Å². The van der Waals surface area contributed by atoms with Crippen LogP contribution in [0.1, 0.15) is 35.4 Å². The summed E-state index contributed by atoms with van der Waals surface area (Å²) < 4.78 is 22.6. The molecule has 5 rings (SSSR count). The number of aliphatic hydroxyl groups is 7. The van der Waals surface area contributed by atoms with Gasteiger partial charge in [-0.25, -0.2) is 0 Å². The van der Waals surface area contributed by atoms with E-state index in [1.807, 2.05) is 0 Å². The SMILES string of the molecule is CC1OC(OC2(C(O)Oc3cc(O)c4c(c3)O[C@H](c3ccc(O)cc3)CC4=O)C(O)C(O)C2CO)C(O)C(O)C1O. The van der Waals surface area contributed by atoms with Crippen LogP contribution in [-0.2, 0) is 9.47 Å². The van der Waals surface area contributed by atoms with E-state index in [9.17, 15) is 50.8 Å². The molecule has 9 N–H and O–H groups in total. The maximum Gasteiger partial charge on any atom is 0.230 e. The molecular formula is C27H32O14. The van der Waals surface area contributed by atoms with Crippen molar-refractivity contribution in [2.75, 3.05) is 6.61 Å². The fraction of sp³-hybridized carbons (Fsp3) is 0.519. The fourth-order valence-electron chi connectivity index (χ4n) is 5.54. The number of Topliss-reactive ketones (excluding diaryl/α,β-unsaturated/α-hetero) is 1. The number of carbonyl (C=O) groups is 1. The lowest BCUT2D eigenvalue weighted by Crippen LogP contribution is -2.79. The van der Waals surface area contributed by atoms with Crippen LogP contribution in [0.2, 0.25) is 0 Å². The minimum atomic E-state index is -2.32. The summed E-state index contributed by atoms with van der Waals surface area (Å²) in [7, 11) is 0. The first-order valence-corrected chi connectivity index (χ1v) is 12.9. The van der Waals surface area contributed by atoms with Gasteiger partial charge in [0.25, 0.3) is 0 Å². The molecule has 1 saturated carbocycles. The first-order valence-electron chi connectivity index (χ1n) is 12.9.